The normalized spacial score (nSPS) is 18.7. The van der Waals surface area contributed by atoms with Gasteiger partial charge in [0.15, 0.2) is 11.6 Å². The van der Waals surface area contributed by atoms with Crippen LogP contribution in [0, 0.1) is 5.82 Å². The standard InChI is InChI=1S/C20H21ClFN3O4/c1-10-9-29-19-16-12(18(26)13(20(27)28)8-25(10)16)6-15(22)17(19)24-4-2-11(3-5-24)14(21)7-23/h6,8,10H,2-5,7,9,23H2,1H3,(H,27,28)/t10-/m0/s1. The average molecular weight is 422 g/mol. The number of hydrogen-bond donors (Lipinski definition) is 2. The monoisotopic (exact) mass is 421 g/mol. The number of ether oxygens (including phenoxy) is 1. The van der Waals surface area contributed by atoms with Crippen LogP contribution in [-0.4, -0.2) is 41.9 Å². The fourth-order valence-electron chi connectivity index (χ4n) is 4.07. The van der Waals surface area contributed by atoms with Crippen molar-refractivity contribution in [1.82, 2.24) is 4.57 Å². The first-order chi connectivity index (χ1) is 13.8. The number of hydrogen-bond acceptors (Lipinski definition) is 5. The first-order valence-electron chi connectivity index (χ1n) is 9.42. The molecule has 0 saturated carbocycles. The van der Waals surface area contributed by atoms with E-state index in [1.165, 1.54) is 6.20 Å². The van der Waals surface area contributed by atoms with Gasteiger partial charge in [-0.05, 0) is 25.8 Å². The number of nitrogens with two attached hydrogens (primary N) is 1. The van der Waals surface area contributed by atoms with Crippen LogP contribution >= 0.6 is 11.6 Å². The Morgan fingerprint density at radius 2 is 2.10 bits per heavy atom. The molecule has 1 aromatic heterocycles. The zero-order chi connectivity index (χ0) is 20.9. The van der Waals surface area contributed by atoms with Crippen molar-refractivity contribution >= 4 is 34.2 Å². The highest BCUT2D eigenvalue weighted by molar-refractivity contribution is 6.30. The molecule has 1 fully saturated rings. The summed E-state index contributed by atoms with van der Waals surface area (Å²) in [5.41, 5.74) is 6.30. The topological polar surface area (TPSA) is 97.8 Å². The highest BCUT2D eigenvalue weighted by Crippen LogP contribution is 2.43. The van der Waals surface area contributed by atoms with Gasteiger partial charge in [0.2, 0.25) is 5.43 Å². The number of halogens is 2. The summed E-state index contributed by atoms with van der Waals surface area (Å²) < 4.78 is 22.7. The second-order valence-corrected chi connectivity index (χ2v) is 7.83. The molecular weight excluding hydrogens is 401 g/mol. The first-order valence-corrected chi connectivity index (χ1v) is 9.80. The van der Waals surface area contributed by atoms with Crippen molar-refractivity contribution in [3.63, 3.8) is 0 Å². The molecule has 29 heavy (non-hydrogen) atoms. The minimum atomic E-state index is -1.34. The zero-order valence-corrected chi connectivity index (χ0v) is 16.6. The number of aromatic carboxylic acids is 1. The van der Waals surface area contributed by atoms with Crippen molar-refractivity contribution in [2.24, 2.45) is 5.73 Å². The van der Waals surface area contributed by atoms with Gasteiger partial charge in [-0.15, -0.1) is 0 Å². The van der Waals surface area contributed by atoms with Crippen molar-refractivity contribution in [2.45, 2.75) is 25.8 Å². The van der Waals surface area contributed by atoms with Gasteiger partial charge in [0.25, 0.3) is 0 Å². The van der Waals surface area contributed by atoms with Crippen LogP contribution in [0.15, 0.2) is 27.7 Å². The Morgan fingerprint density at radius 1 is 1.41 bits per heavy atom. The van der Waals surface area contributed by atoms with Gasteiger partial charge in [-0.2, -0.15) is 0 Å². The molecule has 1 aromatic carbocycles. The molecule has 2 aliphatic heterocycles. The van der Waals surface area contributed by atoms with Gasteiger partial charge in [0.1, 0.15) is 17.9 Å². The van der Waals surface area contributed by atoms with Crippen molar-refractivity contribution in [1.29, 1.82) is 0 Å². The minimum absolute atomic E-state index is 0.0106. The molecule has 0 aliphatic carbocycles. The predicted molar refractivity (Wildman–Crippen MR) is 109 cm³/mol. The van der Waals surface area contributed by atoms with E-state index in [-0.39, 0.29) is 35.9 Å². The summed E-state index contributed by atoms with van der Waals surface area (Å²) in [5.74, 6) is -1.66. The van der Waals surface area contributed by atoms with Gasteiger partial charge >= 0.3 is 5.97 Å². The van der Waals surface area contributed by atoms with E-state index < -0.39 is 17.2 Å². The number of rotatable bonds is 3. The number of aromatic nitrogens is 1. The van der Waals surface area contributed by atoms with Crippen LogP contribution in [0.2, 0.25) is 0 Å². The Kier molecular flexibility index (Phi) is 5.00. The summed E-state index contributed by atoms with van der Waals surface area (Å²) in [4.78, 5) is 26.0. The largest absolute Gasteiger partial charge is 0.487 e. The van der Waals surface area contributed by atoms with Crippen molar-refractivity contribution in [3.8, 4) is 5.75 Å². The molecule has 0 spiro atoms. The van der Waals surface area contributed by atoms with E-state index in [1.54, 1.807) is 4.57 Å². The molecule has 9 heteroatoms. The lowest BCUT2D eigenvalue weighted by molar-refractivity contribution is 0.0694. The molecule has 3 N–H and O–H groups in total. The van der Waals surface area contributed by atoms with Crippen LogP contribution in [0.3, 0.4) is 0 Å². The lowest BCUT2D eigenvalue weighted by Gasteiger charge is -2.35. The van der Waals surface area contributed by atoms with E-state index in [1.807, 2.05) is 11.8 Å². The quantitative estimate of drug-likeness (QED) is 0.790. The zero-order valence-electron chi connectivity index (χ0n) is 15.9. The van der Waals surface area contributed by atoms with Crippen molar-refractivity contribution < 1.29 is 19.0 Å². The summed E-state index contributed by atoms with van der Waals surface area (Å²) in [5, 5.41) is 10.0. The summed E-state index contributed by atoms with van der Waals surface area (Å²) in [6.45, 7) is 3.47. The van der Waals surface area contributed by atoms with Crippen molar-refractivity contribution in [2.75, 3.05) is 31.1 Å². The van der Waals surface area contributed by atoms with E-state index in [0.717, 1.165) is 11.6 Å². The van der Waals surface area contributed by atoms with Crippen molar-refractivity contribution in [3.05, 3.63) is 44.5 Å². The molecule has 3 heterocycles. The Labute approximate surface area is 171 Å². The molecule has 0 radical (unpaired) electrons. The SMILES string of the molecule is C[C@H]1COc2c(N3CCC(=C(Cl)CN)CC3)c(F)cc3c(=O)c(C(=O)O)cn1c23. The third-order valence-electron chi connectivity index (χ3n) is 5.62. The highest BCUT2D eigenvalue weighted by Gasteiger charge is 2.31. The molecule has 4 rings (SSSR count). The van der Waals surface area contributed by atoms with E-state index in [2.05, 4.69) is 0 Å². The maximum absolute atomic E-state index is 15.2. The Morgan fingerprint density at radius 3 is 2.72 bits per heavy atom. The van der Waals surface area contributed by atoms with E-state index >= 15 is 4.39 Å². The second-order valence-electron chi connectivity index (χ2n) is 7.38. The second kappa shape index (κ2) is 7.35. The number of benzene rings is 1. The Balaban J connectivity index is 1.88. The molecule has 1 atom stereocenters. The van der Waals surface area contributed by atoms with Gasteiger partial charge in [-0.1, -0.05) is 17.2 Å². The maximum Gasteiger partial charge on any atom is 0.341 e. The lowest BCUT2D eigenvalue weighted by atomic mass is 10.0. The van der Waals surface area contributed by atoms with Crippen LogP contribution < -0.4 is 20.8 Å². The third kappa shape index (κ3) is 3.16. The van der Waals surface area contributed by atoms with Gasteiger partial charge in [0, 0.05) is 30.9 Å². The Hall–Kier alpha value is -2.58. The minimum Gasteiger partial charge on any atom is -0.487 e. The van der Waals surface area contributed by atoms with Crippen LogP contribution in [0.5, 0.6) is 5.75 Å². The molecule has 0 amide bonds. The van der Waals surface area contributed by atoms with Gasteiger partial charge in [0.05, 0.1) is 16.9 Å². The highest BCUT2D eigenvalue weighted by atomic mass is 35.5. The number of carboxylic acid groups (broad SMARTS) is 1. The van der Waals surface area contributed by atoms with E-state index in [4.69, 9.17) is 22.1 Å². The fraction of sp³-hybridized carbons (Fsp3) is 0.400. The molecule has 2 aromatic rings. The Bertz CT molecular complexity index is 1100. The molecular formula is C20H21ClFN3O4. The van der Waals surface area contributed by atoms with Crippen LogP contribution in [0.1, 0.15) is 36.2 Å². The number of pyridine rings is 1. The molecule has 0 unspecified atom stereocenters. The molecule has 1 saturated heterocycles. The summed E-state index contributed by atoms with van der Waals surface area (Å²) in [6, 6.07) is 0.931. The lowest BCUT2D eigenvalue weighted by Crippen LogP contribution is -2.34. The number of nitrogens with zero attached hydrogens (tertiary/aromatic N) is 2. The number of anilines is 1. The van der Waals surface area contributed by atoms with Gasteiger partial charge in [-0.25, -0.2) is 9.18 Å². The fourth-order valence-corrected chi connectivity index (χ4v) is 4.26. The smallest absolute Gasteiger partial charge is 0.341 e. The molecule has 154 valence electrons. The van der Waals surface area contributed by atoms with Gasteiger partial charge in [-0.3, -0.25) is 4.79 Å². The van der Waals surface area contributed by atoms with Crippen LogP contribution in [0.25, 0.3) is 10.9 Å². The molecule has 2 aliphatic rings. The maximum atomic E-state index is 15.2. The number of carboxylic acids is 1. The van der Waals surface area contributed by atoms with E-state index in [0.29, 0.717) is 42.2 Å². The molecule has 0 bridgehead atoms. The molecule has 7 nitrogen and oxygen atoms in total. The third-order valence-corrected chi connectivity index (χ3v) is 6.04. The summed E-state index contributed by atoms with van der Waals surface area (Å²) in [7, 11) is 0. The first kappa shape index (κ1) is 19.7. The number of carbonyl (C=O) groups is 1. The van der Waals surface area contributed by atoms with Gasteiger partial charge < -0.3 is 25.0 Å². The predicted octanol–water partition coefficient (Wildman–Crippen LogP) is 2.84. The van der Waals surface area contributed by atoms with Crippen LogP contribution in [0.4, 0.5) is 10.1 Å². The summed E-state index contributed by atoms with van der Waals surface area (Å²) in [6.07, 6.45) is 2.64. The number of piperidine rings is 1. The van der Waals surface area contributed by atoms with E-state index in [9.17, 15) is 14.7 Å². The van der Waals surface area contributed by atoms with Crippen LogP contribution in [-0.2, 0) is 0 Å². The summed E-state index contributed by atoms with van der Waals surface area (Å²) >= 11 is 6.16. The average Bonchev–Trinajstić information content (AvgIpc) is 2.71.